The molecule has 1 aliphatic carbocycles. The van der Waals surface area contributed by atoms with E-state index in [1.54, 1.807) is 12.4 Å². The molecule has 3 N–H and O–H groups in total. The highest BCUT2D eigenvalue weighted by molar-refractivity contribution is 5.83. The van der Waals surface area contributed by atoms with Gasteiger partial charge in [-0.25, -0.2) is 4.98 Å². The zero-order valence-electron chi connectivity index (χ0n) is 13.7. The zero-order chi connectivity index (χ0) is 16.5. The number of anilines is 3. The first-order chi connectivity index (χ1) is 11.7. The summed E-state index contributed by atoms with van der Waals surface area (Å²) >= 11 is 0. The summed E-state index contributed by atoms with van der Waals surface area (Å²) in [5, 5.41) is 3.16. The van der Waals surface area contributed by atoms with Gasteiger partial charge in [-0.15, -0.1) is 0 Å². The maximum absolute atomic E-state index is 6.09. The van der Waals surface area contributed by atoms with Gasteiger partial charge in [0.25, 0.3) is 0 Å². The van der Waals surface area contributed by atoms with E-state index in [0.29, 0.717) is 23.3 Å². The minimum absolute atomic E-state index is 0.398. The largest absolute Gasteiger partial charge is 0.382 e. The Labute approximate surface area is 140 Å². The molecule has 0 bridgehead atoms. The Hall–Kier alpha value is -2.70. The molecule has 24 heavy (non-hydrogen) atoms. The molecule has 3 aromatic rings. The highest BCUT2D eigenvalue weighted by atomic mass is 15.2. The Kier molecular flexibility index (Phi) is 3.76. The monoisotopic (exact) mass is 323 g/mol. The van der Waals surface area contributed by atoms with E-state index in [2.05, 4.69) is 36.7 Å². The molecule has 7 heteroatoms. The Bertz CT molecular complexity index is 835. The number of imidazole rings is 1. The Morgan fingerprint density at radius 2 is 2.04 bits per heavy atom. The zero-order valence-corrected chi connectivity index (χ0v) is 13.7. The number of hydrogen-bond donors (Lipinski definition) is 2. The van der Waals surface area contributed by atoms with Gasteiger partial charge in [0.15, 0.2) is 11.5 Å². The lowest BCUT2D eigenvalue weighted by Crippen LogP contribution is -2.16. The van der Waals surface area contributed by atoms with Crippen LogP contribution in [0.5, 0.6) is 0 Å². The van der Waals surface area contributed by atoms with Crippen LogP contribution in [0.3, 0.4) is 0 Å². The molecular formula is C17H21N7. The molecule has 7 nitrogen and oxygen atoms in total. The fraction of sp³-hybridized carbons (Fsp3) is 0.412. The number of aromatic nitrogens is 5. The lowest BCUT2D eigenvalue weighted by atomic mass is 9.87. The third-order valence-electron chi connectivity index (χ3n) is 4.74. The first-order valence-electron chi connectivity index (χ1n) is 8.38. The topological polar surface area (TPSA) is 94.5 Å². The average Bonchev–Trinajstić information content (AvgIpc) is 3.01. The van der Waals surface area contributed by atoms with Crippen molar-refractivity contribution in [1.82, 2.24) is 24.5 Å². The summed E-state index contributed by atoms with van der Waals surface area (Å²) < 4.78 is 2.16. The number of nitrogens with one attached hydrogen (secondary N) is 1. The van der Waals surface area contributed by atoms with Crippen LogP contribution < -0.4 is 11.1 Å². The second-order valence-electron chi connectivity index (χ2n) is 6.54. The van der Waals surface area contributed by atoms with Gasteiger partial charge in [-0.1, -0.05) is 6.92 Å². The SMILES string of the molecule is CC1CCC(n2cnc3c(N)nc(Nc4cccnc4)nc32)CC1. The third kappa shape index (κ3) is 2.77. The summed E-state index contributed by atoms with van der Waals surface area (Å²) in [7, 11) is 0. The molecule has 1 saturated carbocycles. The number of nitrogens with zero attached hydrogens (tertiary/aromatic N) is 5. The molecule has 0 unspecified atom stereocenters. The minimum atomic E-state index is 0.398. The van der Waals surface area contributed by atoms with Gasteiger partial charge in [0.05, 0.1) is 18.2 Å². The highest BCUT2D eigenvalue weighted by Gasteiger charge is 2.22. The Morgan fingerprint density at radius 3 is 2.79 bits per heavy atom. The van der Waals surface area contributed by atoms with Crippen molar-refractivity contribution in [3.05, 3.63) is 30.9 Å². The van der Waals surface area contributed by atoms with Crippen molar-refractivity contribution in [3.63, 3.8) is 0 Å². The Balaban J connectivity index is 1.69. The fourth-order valence-corrected chi connectivity index (χ4v) is 3.35. The lowest BCUT2D eigenvalue weighted by molar-refractivity contribution is 0.293. The lowest BCUT2D eigenvalue weighted by Gasteiger charge is -2.27. The molecule has 124 valence electrons. The number of rotatable bonds is 3. The Morgan fingerprint density at radius 1 is 1.21 bits per heavy atom. The molecular weight excluding hydrogens is 302 g/mol. The molecule has 4 rings (SSSR count). The summed E-state index contributed by atoms with van der Waals surface area (Å²) in [6.07, 6.45) is 10.1. The summed E-state index contributed by atoms with van der Waals surface area (Å²) in [5.41, 5.74) is 8.39. The van der Waals surface area contributed by atoms with Gasteiger partial charge >= 0.3 is 0 Å². The predicted octanol–water partition coefficient (Wildman–Crippen LogP) is 3.30. The van der Waals surface area contributed by atoms with Crippen LogP contribution in [0.1, 0.15) is 38.6 Å². The van der Waals surface area contributed by atoms with Crippen LogP contribution in [0.25, 0.3) is 11.2 Å². The van der Waals surface area contributed by atoms with Gasteiger partial charge in [0.2, 0.25) is 5.95 Å². The van der Waals surface area contributed by atoms with Crippen LogP contribution in [0.15, 0.2) is 30.9 Å². The first-order valence-corrected chi connectivity index (χ1v) is 8.38. The maximum atomic E-state index is 6.09. The van der Waals surface area contributed by atoms with Crippen molar-refractivity contribution in [1.29, 1.82) is 0 Å². The van der Waals surface area contributed by atoms with E-state index in [9.17, 15) is 0 Å². The van der Waals surface area contributed by atoms with Crippen molar-refractivity contribution in [2.45, 2.75) is 38.6 Å². The molecule has 0 amide bonds. The average molecular weight is 323 g/mol. The smallest absolute Gasteiger partial charge is 0.231 e. The van der Waals surface area contributed by atoms with E-state index >= 15 is 0 Å². The molecule has 0 spiro atoms. The molecule has 0 atom stereocenters. The van der Waals surface area contributed by atoms with Gasteiger partial charge in [-0.3, -0.25) is 4.98 Å². The first kappa shape index (κ1) is 14.9. The number of hydrogen-bond acceptors (Lipinski definition) is 6. The second-order valence-corrected chi connectivity index (χ2v) is 6.54. The van der Waals surface area contributed by atoms with Crippen LogP contribution in [0, 0.1) is 5.92 Å². The molecule has 3 aromatic heterocycles. The molecule has 0 radical (unpaired) electrons. The van der Waals surface area contributed by atoms with Gasteiger partial charge in [-0.2, -0.15) is 9.97 Å². The van der Waals surface area contributed by atoms with Gasteiger partial charge < -0.3 is 15.6 Å². The summed E-state index contributed by atoms with van der Waals surface area (Å²) in [6.45, 7) is 2.32. The minimum Gasteiger partial charge on any atom is -0.382 e. The van der Waals surface area contributed by atoms with Gasteiger partial charge in [0.1, 0.15) is 5.52 Å². The van der Waals surface area contributed by atoms with E-state index in [1.807, 2.05) is 18.5 Å². The highest BCUT2D eigenvalue weighted by Crippen LogP contribution is 2.34. The van der Waals surface area contributed by atoms with Crippen LogP contribution >= 0.6 is 0 Å². The van der Waals surface area contributed by atoms with Gasteiger partial charge in [-0.05, 0) is 43.7 Å². The van der Waals surface area contributed by atoms with Crippen LogP contribution in [-0.2, 0) is 0 Å². The van der Waals surface area contributed by atoms with Crippen LogP contribution in [-0.4, -0.2) is 24.5 Å². The third-order valence-corrected chi connectivity index (χ3v) is 4.74. The molecule has 0 aliphatic heterocycles. The van der Waals surface area contributed by atoms with E-state index in [4.69, 9.17) is 5.73 Å². The maximum Gasteiger partial charge on any atom is 0.231 e. The molecule has 1 fully saturated rings. The van der Waals surface area contributed by atoms with Crippen molar-refractivity contribution in [2.24, 2.45) is 5.92 Å². The van der Waals surface area contributed by atoms with E-state index < -0.39 is 0 Å². The molecule has 0 aromatic carbocycles. The molecule has 1 aliphatic rings. The number of nitrogens with two attached hydrogens (primary N) is 1. The van der Waals surface area contributed by atoms with E-state index in [1.165, 1.54) is 12.8 Å². The quantitative estimate of drug-likeness (QED) is 0.768. The number of pyridine rings is 1. The summed E-state index contributed by atoms with van der Waals surface area (Å²) in [5.74, 6) is 1.67. The molecule has 3 heterocycles. The van der Waals surface area contributed by atoms with E-state index in [0.717, 1.165) is 30.1 Å². The molecule has 0 saturated heterocycles. The summed E-state index contributed by atoms with van der Waals surface area (Å²) in [4.78, 5) is 17.5. The fourth-order valence-electron chi connectivity index (χ4n) is 3.35. The van der Waals surface area contributed by atoms with Crippen LogP contribution in [0.2, 0.25) is 0 Å². The summed E-state index contributed by atoms with van der Waals surface area (Å²) in [6, 6.07) is 4.21. The van der Waals surface area contributed by atoms with Crippen molar-refractivity contribution in [3.8, 4) is 0 Å². The van der Waals surface area contributed by atoms with Crippen molar-refractivity contribution in [2.75, 3.05) is 11.1 Å². The normalized spacial score (nSPS) is 21.0. The van der Waals surface area contributed by atoms with Gasteiger partial charge in [0, 0.05) is 12.2 Å². The number of nitrogen functional groups attached to an aromatic ring is 1. The predicted molar refractivity (Wildman–Crippen MR) is 93.9 cm³/mol. The van der Waals surface area contributed by atoms with E-state index in [-0.39, 0.29) is 0 Å². The van der Waals surface area contributed by atoms with Crippen molar-refractivity contribution >= 4 is 28.6 Å². The van der Waals surface area contributed by atoms with Crippen molar-refractivity contribution < 1.29 is 0 Å². The standard InChI is InChI=1S/C17H21N7/c1-11-4-6-13(7-5-11)24-10-20-14-15(18)22-17(23-16(14)24)21-12-3-2-8-19-9-12/h2-3,8-11,13H,4-7H2,1H3,(H3,18,21,22,23). The number of fused-ring (bicyclic) bond motifs is 1. The second kappa shape index (κ2) is 6.07. The van der Waals surface area contributed by atoms with Crippen LogP contribution in [0.4, 0.5) is 17.5 Å².